The van der Waals surface area contributed by atoms with Gasteiger partial charge in [0.05, 0.1) is 0 Å². The highest BCUT2D eigenvalue weighted by atomic mass is 14.3. The molecule has 0 heterocycles. The third-order valence-corrected chi connectivity index (χ3v) is 11.0. The first-order valence-electron chi connectivity index (χ1n) is 17.4. The molecular formula is C50H30. The molecule has 0 spiro atoms. The highest BCUT2D eigenvalue weighted by molar-refractivity contribution is 6.29. The van der Waals surface area contributed by atoms with Crippen LogP contribution in [0.25, 0.3) is 109 Å². The maximum absolute atomic E-state index is 2.44. The Hall–Kier alpha value is -6.50. The summed E-state index contributed by atoms with van der Waals surface area (Å²) in [7, 11) is 0. The van der Waals surface area contributed by atoms with Crippen LogP contribution in [0.5, 0.6) is 0 Å². The van der Waals surface area contributed by atoms with Crippen molar-refractivity contribution in [2.24, 2.45) is 0 Å². The fourth-order valence-corrected chi connectivity index (χ4v) is 8.86. The van der Waals surface area contributed by atoms with E-state index in [-0.39, 0.29) is 0 Å². The number of fused-ring (bicyclic) bond motifs is 8. The molecular weight excluding hydrogens is 601 g/mol. The lowest BCUT2D eigenvalue weighted by Gasteiger charge is -2.21. The van der Waals surface area contributed by atoms with E-state index >= 15 is 0 Å². The summed E-state index contributed by atoms with van der Waals surface area (Å²) in [5.41, 5.74) is 12.9. The van der Waals surface area contributed by atoms with Crippen LogP contribution in [-0.2, 0) is 0 Å². The van der Waals surface area contributed by atoms with Crippen molar-refractivity contribution in [2.45, 2.75) is 0 Å². The highest BCUT2D eigenvalue weighted by Gasteiger charge is 2.25. The molecule has 0 saturated carbocycles. The zero-order valence-corrected chi connectivity index (χ0v) is 27.3. The first-order chi connectivity index (χ1) is 24.8. The number of rotatable bonds is 3. The van der Waals surface area contributed by atoms with Gasteiger partial charge in [0.1, 0.15) is 0 Å². The normalized spacial score (nSPS) is 12.0. The fourth-order valence-electron chi connectivity index (χ4n) is 8.86. The van der Waals surface area contributed by atoms with E-state index in [1.807, 2.05) is 0 Å². The standard InChI is InChI=1S/C50H30/c1-2-13-31(14-3-1)32-25-26-45-47(29-32)49(44-28-27-43-37-19-8-7-18-36(37)39-23-12-24-42(44)48(39)43)40-21-10-11-22-41(40)50(45)46-30-33-15-4-5-16-34(33)35-17-6-9-20-38(35)46/h1-30H. The lowest BCUT2D eigenvalue weighted by atomic mass is 9.82. The van der Waals surface area contributed by atoms with Crippen molar-refractivity contribution in [1.82, 2.24) is 0 Å². The van der Waals surface area contributed by atoms with E-state index in [0.29, 0.717) is 0 Å². The lowest BCUT2D eigenvalue weighted by Crippen LogP contribution is -1.94. The van der Waals surface area contributed by atoms with Gasteiger partial charge in [-0.3, -0.25) is 0 Å². The summed E-state index contributed by atoms with van der Waals surface area (Å²) >= 11 is 0. The monoisotopic (exact) mass is 630 g/mol. The Morgan fingerprint density at radius 3 is 1.54 bits per heavy atom. The molecule has 10 aromatic carbocycles. The highest BCUT2D eigenvalue weighted by Crippen LogP contribution is 2.52. The molecule has 0 nitrogen and oxygen atoms in total. The molecule has 0 fully saturated rings. The Kier molecular flexibility index (Phi) is 5.76. The van der Waals surface area contributed by atoms with Crippen molar-refractivity contribution in [1.29, 1.82) is 0 Å². The van der Waals surface area contributed by atoms with E-state index in [1.165, 1.54) is 109 Å². The quantitative estimate of drug-likeness (QED) is 0.135. The summed E-state index contributed by atoms with van der Waals surface area (Å²) < 4.78 is 0. The molecule has 0 N–H and O–H groups in total. The first-order valence-corrected chi connectivity index (χ1v) is 17.4. The number of hydrogen-bond acceptors (Lipinski definition) is 0. The molecule has 11 rings (SSSR count). The van der Waals surface area contributed by atoms with Crippen LogP contribution in [0.2, 0.25) is 0 Å². The topological polar surface area (TPSA) is 0 Å². The maximum atomic E-state index is 2.44. The van der Waals surface area contributed by atoms with Gasteiger partial charge in [0.25, 0.3) is 0 Å². The Balaban J connectivity index is 1.32. The molecule has 0 unspecified atom stereocenters. The first kappa shape index (κ1) is 27.5. The third-order valence-electron chi connectivity index (χ3n) is 11.0. The number of benzene rings is 10. The molecule has 0 bridgehead atoms. The molecule has 0 amide bonds. The number of hydrogen-bond donors (Lipinski definition) is 0. The minimum absolute atomic E-state index is 1.22. The van der Waals surface area contributed by atoms with Gasteiger partial charge in [-0.15, -0.1) is 0 Å². The molecule has 0 saturated heterocycles. The van der Waals surface area contributed by atoms with Gasteiger partial charge in [-0.2, -0.15) is 0 Å². The van der Waals surface area contributed by atoms with Crippen LogP contribution in [0.3, 0.4) is 0 Å². The lowest BCUT2D eigenvalue weighted by molar-refractivity contribution is 1.64. The molecule has 0 radical (unpaired) electrons. The molecule has 1 aliphatic carbocycles. The van der Waals surface area contributed by atoms with Crippen LogP contribution in [0, 0.1) is 0 Å². The van der Waals surface area contributed by atoms with Crippen molar-refractivity contribution >= 4 is 53.9 Å². The van der Waals surface area contributed by atoms with Gasteiger partial charge < -0.3 is 0 Å². The van der Waals surface area contributed by atoms with Crippen molar-refractivity contribution < 1.29 is 0 Å². The fraction of sp³-hybridized carbons (Fsp3) is 0. The largest absolute Gasteiger partial charge is 0.0622 e. The zero-order valence-electron chi connectivity index (χ0n) is 27.3. The van der Waals surface area contributed by atoms with Gasteiger partial charge in [-0.25, -0.2) is 0 Å². The second-order valence-corrected chi connectivity index (χ2v) is 13.5. The van der Waals surface area contributed by atoms with E-state index in [0.717, 1.165) is 0 Å². The molecule has 0 atom stereocenters. The van der Waals surface area contributed by atoms with Gasteiger partial charge >= 0.3 is 0 Å². The second-order valence-electron chi connectivity index (χ2n) is 13.5. The summed E-state index contributed by atoms with van der Waals surface area (Å²) in [6, 6.07) is 67.6. The molecule has 0 heteroatoms. The van der Waals surface area contributed by atoms with Crippen LogP contribution < -0.4 is 0 Å². The zero-order chi connectivity index (χ0) is 32.8. The van der Waals surface area contributed by atoms with Gasteiger partial charge in [0.2, 0.25) is 0 Å². The summed E-state index contributed by atoms with van der Waals surface area (Å²) in [5.74, 6) is 0. The minimum atomic E-state index is 1.22. The average molecular weight is 631 g/mol. The van der Waals surface area contributed by atoms with Crippen LogP contribution >= 0.6 is 0 Å². The van der Waals surface area contributed by atoms with E-state index in [4.69, 9.17) is 0 Å². The van der Waals surface area contributed by atoms with Crippen LogP contribution in [0.15, 0.2) is 182 Å². The van der Waals surface area contributed by atoms with Gasteiger partial charge in [-0.1, -0.05) is 170 Å². The maximum Gasteiger partial charge on any atom is -0.00199 e. The SMILES string of the molecule is c1ccc(-c2ccc3c(-c4cc5ccccc5c5ccccc45)c4ccccc4c(-c4ccc5c6c(cccc46)-c4ccccc4-5)c3c2)cc1. The van der Waals surface area contributed by atoms with Crippen molar-refractivity contribution in [2.75, 3.05) is 0 Å². The Morgan fingerprint density at radius 2 is 0.760 bits per heavy atom. The molecule has 10 aromatic rings. The smallest absolute Gasteiger partial charge is 0.00199 e. The average Bonchev–Trinajstić information content (AvgIpc) is 3.52. The van der Waals surface area contributed by atoms with Crippen molar-refractivity contribution in [3.8, 4) is 55.6 Å². The van der Waals surface area contributed by atoms with Crippen LogP contribution in [0.1, 0.15) is 0 Å². The second kappa shape index (κ2) is 10.5. The van der Waals surface area contributed by atoms with E-state index in [2.05, 4.69) is 182 Å². The van der Waals surface area contributed by atoms with Crippen molar-refractivity contribution in [3.05, 3.63) is 182 Å². The molecule has 50 heavy (non-hydrogen) atoms. The van der Waals surface area contributed by atoms with Crippen molar-refractivity contribution in [3.63, 3.8) is 0 Å². The van der Waals surface area contributed by atoms with Gasteiger partial charge in [0, 0.05) is 0 Å². The Labute approximate surface area is 290 Å². The predicted molar refractivity (Wildman–Crippen MR) is 215 cm³/mol. The Bertz CT molecular complexity index is 2990. The minimum Gasteiger partial charge on any atom is -0.0622 e. The van der Waals surface area contributed by atoms with Gasteiger partial charge in [0.15, 0.2) is 0 Å². The summed E-state index contributed by atoms with van der Waals surface area (Å²) in [6.07, 6.45) is 0. The van der Waals surface area contributed by atoms with Crippen LogP contribution in [-0.4, -0.2) is 0 Å². The molecule has 1 aliphatic rings. The predicted octanol–water partition coefficient (Wildman–Crippen LogP) is 14.1. The third kappa shape index (κ3) is 3.82. The Morgan fingerprint density at radius 1 is 0.220 bits per heavy atom. The molecule has 230 valence electrons. The summed E-state index contributed by atoms with van der Waals surface area (Å²) in [5, 5.41) is 12.9. The van der Waals surface area contributed by atoms with E-state index in [1.54, 1.807) is 0 Å². The molecule has 0 aliphatic heterocycles. The van der Waals surface area contributed by atoms with Crippen LogP contribution in [0.4, 0.5) is 0 Å². The summed E-state index contributed by atoms with van der Waals surface area (Å²) in [6.45, 7) is 0. The molecule has 0 aromatic heterocycles. The summed E-state index contributed by atoms with van der Waals surface area (Å²) in [4.78, 5) is 0. The van der Waals surface area contributed by atoms with Gasteiger partial charge in [-0.05, 0) is 122 Å². The van der Waals surface area contributed by atoms with E-state index < -0.39 is 0 Å². The van der Waals surface area contributed by atoms with E-state index in [9.17, 15) is 0 Å².